The number of nitrogens with zero attached hydrogens (tertiary/aromatic N) is 3. The van der Waals surface area contributed by atoms with E-state index in [-0.39, 0.29) is 24.5 Å². The van der Waals surface area contributed by atoms with Crippen molar-refractivity contribution in [3.63, 3.8) is 0 Å². The van der Waals surface area contributed by atoms with E-state index >= 15 is 0 Å². The fourth-order valence-corrected chi connectivity index (χ4v) is 3.51. The molecule has 0 bridgehead atoms. The Morgan fingerprint density at radius 1 is 1.42 bits per heavy atom. The van der Waals surface area contributed by atoms with Crippen LogP contribution in [0.2, 0.25) is 0 Å². The van der Waals surface area contributed by atoms with Crippen molar-refractivity contribution in [1.82, 2.24) is 19.8 Å². The van der Waals surface area contributed by atoms with E-state index in [1.807, 2.05) is 43.3 Å². The molecule has 2 aromatic rings. The fourth-order valence-electron chi connectivity index (χ4n) is 3.51. The van der Waals surface area contributed by atoms with E-state index in [4.69, 9.17) is 0 Å². The highest BCUT2D eigenvalue weighted by atomic mass is 16.3. The van der Waals surface area contributed by atoms with Gasteiger partial charge in [-0.2, -0.15) is 0 Å². The van der Waals surface area contributed by atoms with Crippen LogP contribution in [0.4, 0.5) is 0 Å². The van der Waals surface area contributed by atoms with Crippen molar-refractivity contribution < 1.29 is 9.90 Å². The van der Waals surface area contributed by atoms with Gasteiger partial charge in [-0.1, -0.05) is 12.1 Å². The highest BCUT2D eigenvalue weighted by Gasteiger charge is 2.32. The van der Waals surface area contributed by atoms with Gasteiger partial charge in [0.15, 0.2) is 0 Å². The number of nitrogens with one attached hydrogen (secondary N) is 1. The van der Waals surface area contributed by atoms with Crippen molar-refractivity contribution in [3.8, 4) is 0 Å². The van der Waals surface area contributed by atoms with Crippen LogP contribution in [-0.4, -0.2) is 70.6 Å². The number of likely N-dealkylation sites (N-methyl/N-ethyl adjacent to an activating group) is 1. The number of hydrogen-bond acceptors (Lipinski definition) is 4. The van der Waals surface area contributed by atoms with Gasteiger partial charge in [-0.15, -0.1) is 0 Å². The number of carbonyl (C=O) groups excluding carboxylic acids is 1. The van der Waals surface area contributed by atoms with E-state index in [1.54, 1.807) is 0 Å². The zero-order valence-electron chi connectivity index (χ0n) is 14.4. The number of hydrogen-bond donors (Lipinski definition) is 2. The maximum Gasteiger partial charge on any atom is 0.223 e. The lowest BCUT2D eigenvalue weighted by atomic mass is 9.91. The second kappa shape index (κ2) is 7.32. The summed E-state index contributed by atoms with van der Waals surface area (Å²) < 4.78 is 0. The minimum absolute atomic E-state index is 0.165. The molecule has 0 unspecified atom stereocenters. The maximum atomic E-state index is 12.6. The summed E-state index contributed by atoms with van der Waals surface area (Å²) in [5, 5.41) is 9.51. The predicted molar refractivity (Wildman–Crippen MR) is 93.7 cm³/mol. The van der Waals surface area contributed by atoms with Crippen molar-refractivity contribution in [1.29, 1.82) is 0 Å². The van der Waals surface area contributed by atoms with Crippen LogP contribution in [-0.2, 0) is 11.2 Å². The summed E-state index contributed by atoms with van der Waals surface area (Å²) >= 11 is 0. The third-order valence-corrected chi connectivity index (χ3v) is 4.99. The molecule has 0 radical (unpaired) electrons. The first kappa shape index (κ1) is 16.9. The molecule has 24 heavy (non-hydrogen) atoms. The van der Waals surface area contributed by atoms with E-state index in [0.717, 1.165) is 29.8 Å². The summed E-state index contributed by atoms with van der Waals surface area (Å²) in [4.78, 5) is 24.4. The van der Waals surface area contributed by atoms with Crippen LogP contribution in [0, 0.1) is 5.92 Å². The minimum Gasteiger partial charge on any atom is -0.396 e. The Morgan fingerprint density at radius 3 is 2.92 bits per heavy atom. The SMILES string of the molecule is CN(C)[C@@H]1CN(C(=O)CCc2nc3ccccc3[nH]2)CC[C@@H]1CO. The van der Waals surface area contributed by atoms with E-state index < -0.39 is 0 Å². The fraction of sp³-hybridized carbons (Fsp3) is 0.556. The molecule has 2 N–H and O–H groups in total. The summed E-state index contributed by atoms with van der Waals surface area (Å²) in [6, 6.07) is 8.12. The van der Waals surface area contributed by atoms with Crippen molar-refractivity contribution in [2.45, 2.75) is 25.3 Å². The van der Waals surface area contributed by atoms with Crippen molar-refractivity contribution in [2.75, 3.05) is 33.8 Å². The first-order valence-electron chi connectivity index (χ1n) is 8.57. The number of aliphatic hydroxyl groups is 1. The van der Waals surface area contributed by atoms with E-state index in [0.29, 0.717) is 19.4 Å². The Morgan fingerprint density at radius 2 is 2.21 bits per heavy atom. The molecule has 2 heterocycles. The number of likely N-dealkylation sites (tertiary alicyclic amines) is 1. The summed E-state index contributed by atoms with van der Waals surface area (Å²) in [5.74, 6) is 1.28. The van der Waals surface area contributed by atoms with Crippen LogP contribution >= 0.6 is 0 Å². The van der Waals surface area contributed by atoms with Gasteiger partial charge in [0.25, 0.3) is 0 Å². The number of H-pyrrole nitrogens is 1. The molecule has 3 rings (SSSR count). The molecule has 0 aliphatic carbocycles. The number of aliphatic hydroxyl groups excluding tert-OH is 1. The van der Waals surface area contributed by atoms with E-state index in [9.17, 15) is 9.90 Å². The molecular formula is C18H26N4O2. The molecule has 0 spiro atoms. The molecule has 130 valence electrons. The normalized spacial score (nSPS) is 21.6. The summed E-state index contributed by atoms with van der Waals surface area (Å²) in [6.45, 7) is 1.61. The average Bonchev–Trinajstić information content (AvgIpc) is 3.02. The predicted octanol–water partition coefficient (Wildman–Crippen LogP) is 1.27. The zero-order valence-corrected chi connectivity index (χ0v) is 14.4. The van der Waals surface area contributed by atoms with E-state index in [1.165, 1.54) is 0 Å². The van der Waals surface area contributed by atoms with E-state index in [2.05, 4.69) is 14.9 Å². The Labute approximate surface area is 142 Å². The van der Waals surface area contributed by atoms with Gasteiger partial charge in [-0.25, -0.2) is 4.98 Å². The molecule has 1 aromatic carbocycles. The summed E-state index contributed by atoms with van der Waals surface area (Å²) in [7, 11) is 4.02. The first-order valence-corrected chi connectivity index (χ1v) is 8.57. The minimum atomic E-state index is 0.165. The van der Waals surface area contributed by atoms with Crippen LogP contribution in [0.1, 0.15) is 18.7 Å². The number of aromatic nitrogens is 2. The third-order valence-electron chi connectivity index (χ3n) is 4.99. The topological polar surface area (TPSA) is 72.5 Å². The lowest BCUT2D eigenvalue weighted by Crippen LogP contribution is -2.53. The van der Waals surface area contributed by atoms with Crippen molar-refractivity contribution in [2.24, 2.45) is 5.92 Å². The van der Waals surface area contributed by atoms with Crippen LogP contribution in [0.5, 0.6) is 0 Å². The number of aryl methyl sites for hydroxylation is 1. The van der Waals surface area contributed by atoms with Crippen molar-refractivity contribution >= 4 is 16.9 Å². The molecule has 6 heteroatoms. The number of piperidine rings is 1. The van der Waals surface area contributed by atoms with Gasteiger partial charge in [0, 0.05) is 44.5 Å². The van der Waals surface area contributed by atoms with Crippen LogP contribution < -0.4 is 0 Å². The molecule has 1 aliphatic rings. The number of aromatic amines is 1. The summed E-state index contributed by atoms with van der Waals surface area (Å²) in [6.07, 6.45) is 1.94. The van der Waals surface area contributed by atoms with Gasteiger partial charge in [0.2, 0.25) is 5.91 Å². The number of benzene rings is 1. The highest BCUT2D eigenvalue weighted by Crippen LogP contribution is 2.21. The first-order chi connectivity index (χ1) is 11.6. The van der Waals surface area contributed by atoms with Gasteiger partial charge in [-0.05, 0) is 32.6 Å². The standard InChI is InChI=1S/C18H26N4O2/c1-21(2)16-11-22(10-9-13(16)12-23)18(24)8-7-17-19-14-5-3-4-6-15(14)20-17/h3-6,13,16,23H,7-12H2,1-2H3,(H,19,20)/t13-,16-/m1/s1. The molecule has 1 amide bonds. The smallest absolute Gasteiger partial charge is 0.223 e. The number of fused-ring (bicyclic) bond motifs is 1. The zero-order chi connectivity index (χ0) is 17.1. The van der Waals surface area contributed by atoms with Gasteiger partial charge in [-0.3, -0.25) is 4.79 Å². The number of para-hydroxylation sites is 2. The molecule has 1 saturated heterocycles. The van der Waals surface area contributed by atoms with Gasteiger partial charge in [0.1, 0.15) is 5.82 Å². The van der Waals surface area contributed by atoms with Crippen LogP contribution in [0.15, 0.2) is 24.3 Å². The summed E-state index contributed by atoms with van der Waals surface area (Å²) in [5.41, 5.74) is 1.95. The number of rotatable bonds is 5. The Balaban J connectivity index is 1.58. The largest absolute Gasteiger partial charge is 0.396 e. The Bertz CT molecular complexity index is 664. The van der Waals surface area contributed by atoms with Gasteiger partial charge >= 0.3 is 0 Å². The molecule has 1 fully saturated rings. The molecule has 1 aromatic heterocycles. The van der Waals surface area contributed by atoms with Crippen molar-refractivity contribution in [3.05, 3.63) is 30.1 Å². The Hall–Kier alpha value is -1.92. The quantitative estimate of drug-likeness (QED) is 0.866. The Kier molecular flexibility index (Phi) is 5.16. The molecule has 0 saturated carbocycles. The maximum absolute atomic E-state index is 12.6. The molecule has 1 aliphatic heterocycles. The van der Waals surface area contributed by atoms with Gasteiger partial charge < -0.3 is 19.9 Å². The van der Waals surface area contributed by atoms with Crippen LogP contribution in [0.25, 0.3) is 11.0 Å². The average molecular weight is 330 g/mol. The number of amides is 1. The molecule has 6 nitrogen and oxygen atoms in total. The van der Waals surface area contributed by atoms with Crippen LogP contribution in [0.3, 0.4) is 0 Å². The highest BCUT2D eigenvalue weighted by molar-refractivity contribution is 5.77. The second-order valence-corrected chi connectivity index (χ2v) is 6.80. The third kappa shape index (κ3) is 3.60. The second-order valence-electron chi connectivity index (χ2n) is 6.80. The monoisotopic (exact) mass is 330 g/mol. The molecular weight excluding hydrogens is 304 g/mol. The lowest BCUT2D eigenvalue weighted by molar-refractivity contribution is -0.134. The number of imidazole rings is 1. The lowest BCUT2D eigenvalue weighted by Gasteiger charge is -2.41. The number of carbonyl (C=O) groups is 1. The van der Waals surface area contributed by atoms with Gasteiger partial charge in [0.05, 0.1) is 11.0 Å². The molecule has 2 atom stereocenters.